The number of fused-ring (bicyclic) bond motifs is 1. The van der Waals surface area contributed by atoms with Gasteiger partial charge in [0.1, 0.15) is 23.3 Å². The van der Waals surface area contributed by atoms with E-state index in [1.165, 1.54) is 0 Å². The number of pyridine rings is 1. The van der Waals surface area contributed by atoms with E-state index in [4.69, 9.17) is 33.0 Å². The lowest BCUT2D eigenvalue weighted by molar-refractivity contribution is 0.199. The van der Waals surface area contributed by atoms with Gasteiger partial charge in [0.25, 0.3) is 0 Å². The molecule has 0 saturated heterocycles. The topological polar surface area (TPSA) is 80.2 Å². The highest BCUT2D eigenvalue weighted by Gasteiger charge is 2.11. The molecule has 8 heteroatoms. The summed E-state index contributed by atoms with van der Waals surface area (Å²) in [5.41, 5.74) is 2.54. The van der Waals surface area contributed by atoms with Crippen molar-refractivity contribution in [2.45, 2.75) is 13.5 Å². The minimum atomic E-state index is -0.0428. The summed E-state index contributed by atoms with van der Waals surface area (Å²) >= 11 is 12.0. The first-order valence-corrected chi connectivity index (χ1v) is 8.39. The monoisotopic (exact) mass is 378 g/mol. The molecule has 0 aliphatic carbocycles. The number of aromatic nitrogens is 3. The Labute approximate surface area is 154 Å². The Balaban J connectivity index is 1.91. The minimum Gasteiger partial charge on any atom is -0.491 e. The Morgan fingerprint density at radius 3 is 2.88 bits per heavy atom. The normalized spacial score (nSPS) is 10.9. The molecule has 0 bridgehead atoms. The Bertz CT molecular complexity index is 905. The molecule has 2 aromatic heterocycles. The summed E-state index contributed by atoms with van der Waals surface area (Å²) in [6.45, 7) is 2.61. The van der Waals surface area contributed by atoms with Crippen molar-refractivity contribution < 1.29 is 9.84 Å². The largest absolute Gasteiger partial charge is 0.491 e. The number of aliphatic hydroxyl groups is 1. The maximum Gasteiger partial charge on any atom is 0.224 e. The van der Waals surface area contributed by atoms with Gasteiger partial charge in [0.05, 0.1) is 18.3 Å². The van der Waals surface area contributed by atoms with Crippen LogP contribution in [0.15, 0.2) is 30.5 Å². The van der Waals surface area contributed by atoms with Crippen LogP contribution < -0.4 is 10.1 Å². The van der Waals surface area contributed by atoms with Gasteiger partial charge in [-0.05, 0) is 30.2 Å². The number of aryl methyl sites for hydroxylation is 1. The second-order valence-electron chi connectivity index (χ2n) is 5.35. The van der Waals surface area contributed by atoms with Gasteiger partial charge < -0.3 is 15.2 Å². The fourth-order valence-electron chi connectivity index (χ4n) is 2.50. The van der Waals surface area contributed by atoms with E-state index in [0.29, 0.717) is 23.0 Å². The molecule has 130 valence electrons. The summed E-state index contributed by atoms with van der Waals surface area (Å²) in [4.78, 5) is 12.4. The zero-order valence-corrected chi connectivity index (χ0v) is 15.0. The molecule has 25 heavy (non-hydrogen) atoms. The minimum absolute atomic E-state index is 0.0428. The molecule has 2 heterocycles. The van der Waals surface area contributed by atoms with Gasteiger partial charge in [0.2, 0.25) is 5.28 Å². The van der Waals surface area contributed by atoms with E-state index in [0.717, 1.165) is 22.3 Å². The van der Waals surface area contributed by atoms with Crippen LogP contribution in [0.1, 0.15) is 11.1 Å². The molecule has 0 saturated carbocycles. The lowest BCUT2D eigenvalue weighted by Gasteiger charge is -2.15. The first kappa shape index (κ1) is 17.7. The number of ether oxygens (including phenoxy) is 1. The molecule has 0 aliphatic heterocycles. The Morgan fingerprint density at radius 1 is 1.24 bits per heavy atom. The lowest BCUT2D eigenvalue weighted by atomic mass is 10.1. The maximum atomic E-state index is 9.00. The van der Waals surface area contributed by atoms with Crippen molar-refractivity contribution in [2.24, 2.45) is 0 Å². The molecule has 0 radical (unpaired) electrons. The third-order valence-corrected chi connectivity index (χ3v) is 3.97. The lowest BCUT2D eigenvalue weighted by Crippen LogP contribution is -2.09. The zero-order chi connectivity index (χ0) is 17.8. The van der Waals surface area contributed by atoms with Crippen LogP contribution in [0.4, 0.5) is 5.82 Å². The van der Waals surface area contributed by atoms with Gasteiger partial charge in [0, 0.05) is 17.5 Å². The predicted octanol–water partition coefficient (Wildman–Crippen LogP) is 3.62. The number of hydrogen-bond acceptors (Lipinski definition) is 6. The summed E-state index contributed by atoms with van der Waals surface area (Å²) in [7, 11) is 0. The number of aliphatic hydroxyl groups excluding tert-OH is 1. The number of anilines is 1. The summed E-state index contributed by atoms with van der Waals surface area (Å²) < 4.78 is 5.66. The van der Waals surface area contributed by atoms with Gasteiger partial charge in [-0.1, -0.05) is 29.8 Å². The van der Waals surface area contributed by atoms with Gasteiger partial charge >= 0.3 is 0 Å². The number of nitrogens with zero attached hydrogens (tertiary/aromatic N) is 3. The van der Waals surface area contributed by atoms with E-state index in [9.17, 15) is 0 Å². The fraction of sp³-hybridized carbons (Fsp3) is 0.235. The van der Waals surface area contributed by atoms with E-state index in [-0.39, 0.29) is 18.5 Å². The highest BCUT2D eigenvalue weighted by atomic mass is 35.5. The summed E-state index contributed by atoms with van der Waals surface area (Å²) in [5.74, 6) is 1.31. The number of hydrogen-bond donors (Lipinski definition) is 2. The smallest absolute Gasteiger partial charge is 0.224 e. The van der Waals surface area contributed by atoms with Crippen LogP contribution in [0, 0.1) is 6.92 Å². The van der Waals surface area contributed by atoms with E-state index >= 15 is 0 Å². The van der Waals surface area contributed by atoms with Crippen LogP contribution in [-0.4, -0.2) is 33.3 Å². The van der Waals surface area contributed by atoms with Crippen molar-refractivity contribution in [3.05, 3.63) is 52.0 Å². The molecule has 6 nitrogen and oxygen atoms in total. The average Bonchev–Trinajstić information content (AvgIpc) is 2.59. The van der Waals surface area contributed by atoms with Crippen LogP contribution in [0.2, 0.25) is 10.4 Å². The molecule has 0 aliphatic rings. The van der Waals surface area contributed by atoms with E-state index in [1.807, 2.05) is 25.1 Å². The quantitative estimate of drug-likeness (QED) is 0.503. The van der Waals surface area contributed by atoms with Gasteiger partial charge in [-0.2, -0.15) is 0 Å². The molecule has 0 unspecified atom stereocenters. The van der Waals surface area contributed by atoms with Crippen molar-refractivity contribution in [1.29, 1.82) is 0 Å². The molecular formula is C17H16Cl2N4O2. The summed E-state index contributed by atoms with van der Waals surface area (Å²) in [6, 6.07) is 7.55. The van der Waals surface area contributed by atoms with E-state index < -0.39 is 0 Å². The third kappa shape index (κ3) is 4.10. The first-order chi connectivity index (χ1) is 12.1. The fourth-order valence-corrected chi connectivity index (χ4v) is 2.83. The van der Waals surface area contributed by atoms with Crippen molar-refractivity contribution in [3.8, 4) is 5.75 Å². The maximum absolute atomic E-state index is 9.00. The van der Waals surface area contributed by atoms with Crippen molar-refractivity contribution in [1.82, 2.24) is 15.0 Å². The SMILES string of the molecule is Cc1cccc(CNc2nc(Cl)nc3cnc(Cl)cc23)c1OCCO. The molecule has 3 rings (SSSR count). The Hall–Kier alpha value is -2.15. The number of halogens is 2. The number of rotatable bonds is 6. The molecule has 2 N–H and O–H groups in total. The third-order valence-electron chi connectivity index (χ3n) is 3.60. The van der Waals surface area contributed by atoms with Gasteiger partial charge in [-0.25, -0.2) is 15.0 Å². The van der Waals surface area contributed by atoms with Crippen molar-refractivity contribution in [2.75, 3.05) is 18.5 Å². The summed E-state index contributed by atoms with van der Waals surface area (Å²) in [5, 5.41) is 13.5. The van der Waals surface area contributed by atoms with E-state index in [2.05, 4.69) is 20.3 Å². The van der Waals surface area contributed by atoms with Crippen LogP contribution in [-0.2, 0) is 6.54 Å². The standard InChI is InChI=1S/C17H16Cl2N4O2/c1-10-3-2-4-11(15(10)25-6-5-24)8-21-16-12-7-14(18)20-9-13(12)22-17(19)23-16/h2-4,7,9,24H,5-6,8H2,1H3,(H,21,22,23). The molecule has 0 spiro atoms. The van der Waals surface area contributed by atoms with E-state index in [1.54, 1.807) is 12.3 Å². The highest BCUT2D eigenvalue weighted by molar-refractivity contribution is 6.30. The molecule has 0 fully saturated rings. The number of benzene rings is 1. The average molecular weight is 379 g/mol. The second-order valence-corrected chi connectivity index (χ2v) is 6.08. The zero-order valence-electron chi connectivity index (χ0n) is 13.5. The van der Waals surface area contributed by atoms with Crippen molar-refractivity contribution in [3.63, 3.8) is 0 Å². The van der Waals surface area contributed by atoms with Crippen molar-refractivity contribution >= 4 is 39.9 Å². The number of nitrogens with one attached hydrogen (secondary N) is 1. The van der Waals surface area contributed by atoms with Crippen LogP contribution in [0.5, 0.6) is 5.75 Å². The Morgan fingerprint density at radius 2 is 2.08 bits per heavy atom. The van der Waals surface area contributed by atoms with Crippen LogP contribution in [0.3, 0.4) is 0 Å². The summed E-state index contributed by atoms with van der Waals surface area (Å²) in [6.07, 6.45) is 1.55. The number of para-hydroxylation sites is 1. The molecule has 1 aromatic carbocycles. The second kappa shape index (κ2) is 7.82. The van der Waals surface area contributed by atoms with Crippen LogP contribution in [0.25, 0.3) is 10.9 Å². The first-order valence-electron chi connectivity index (χ1n) is 7.63. The molecule has 3 aromatic rings. The molecular weight excluding hydrogens is 363 g/mol. The highest BCUT2D eigenvalue weighted by Crippen LogP contribution is 2.27. The molecule has 0 atom stereocenters. The Kier molecular flexibility index (Phi) is 5.53. The van der Waals surface area contributed by atoms with Gasteiger partial charge in [-0.3, -0.25) is 0 Å². The van der Waals surface area contributed by atoms with Crippen LogP contribution >= 0.6 is 23.2 Å². The molecule has 0 amide bonds. The van der Waals surface area contributed by atoms with Gasteiger partial charge in [0.15, 0.2) is 0 Å². The predicted molar refractivity (Wildman–Crippen MR) is 98.4 cm³/mol. The van der Waals surface area contributed by atoms with Gasteiger partial charge in [-0.15, -0.1) is 0 Å².